The van der Waals surface area contributed by atoms with Crippen molar-refractivity contribution in [1.82, 2.24) is 9.55 Å². The molecule has 0 amide bonds. The van der Waals surface area contributed by atoms with Crippen LogP contribution in [0.1, 0.15) is 17.5 Å². The third kappa shape index (κ3) is 2.42. The van der Waals surface area contributed by atoms with Gasteiger partial charge in [-0.15, -0.1) is 0 Å². The van der Waals surface area contributed by atoms with Crippen LogP contribution in [0.5, 0.6) is 0 Å². The summed E-state index contributed by atoms with van der Waals surface area (Å²) in [6, 6.07) is 7.70. The summed E-state index contributed by atoms with van der Waals surface area (Å²) in [4.78, 5) is 15.5. The molecule has 0 radical (unpaired) electrons. The van der Waals surface area contributed by atoms with Crippen molar-refractivity contribution in [3.63, 3.8) is 0 Å². The number of hydrogen-bond donors (Lipinski definition) is 1. The Balaban J connectivity index is 2.20. The first kappa shape index (κ1) is 13.4. The van der Waals surface area contributed by atoms with Crippen LogP contribution in [0.15, 0.2) is 34.9 Å². The zero-order valence-electron chi connectivity index (χ0n) is 12.0. The molecule has 0 saturated carbocycles. The van der Waals surface area contributed by atoms with Crippen LogP contribution < -0.4 is 0 Å². The molecule has 5 heteroatoms. The summed E-state index contributed by atoms with van der Waals surface area (Å²) in [5.74, 6) is 0.485. The minimum Gasteiger partial charge on any atom is -0.481 e. The zero-order chi connectivity index (χ0) is 15.0. The predicted molar refractivity (Wildman–Crippen MR) is 79.2 cm³/mol. The first-order valence-electron chi connectivity index (χ1n) is 6.79. The Labute approximate surface area is 121 Å². The molecule has 0 aliphatic heterocycles. The van der Waals surface area contributed by atoms with Crippen molar-refractivity contribution in [3.05, 3.63) is 41.7 Å². The maximum atomic E-state index is 10.9. The van der Waals surface area contributed by atoms with Crippen LogP contribution in [0.3, 0.4) is 0 Å². The molecule has 3 aromatic rings. The molecule has 3 rings (SSSR count). The lowest BCUT2D eigenvalue weighted by molar-refractivity contribution is -0.137. The predicted octanol–water partition coefficient (Wildman–Crippen LogP) is 3.39. The largest absolute Gasteiger partial charge is 0.481 e. The van der Waals surface area contributed by atoms with Gasteiger partial charge in [0.2, 0.25) is 0 Å². The molecule has 2 heterocycles. The maximum Gasteiger partial charge on any atom is 0.305 e. The number of nitrogens with zero attached hydrogens (tertiary/aromatic N) is 2. The Hall–Kier alpha value is -2.56. The highest BCUT2D eigenvalue weighted by atomic mass is 16.4. The molecule has 0 aliphatic rings. The van der Waals surface area contributed by atoms with E-state index in [4.69, 9.17) is 9.52 Å². The highest BCUT2D eigenvalue weighted by Crippen LogP contribution is 2.27. The van der Waals surface area contributed by atoms with Gasteiger partial charge in [0.25, 0.3) is 0 Å². The van der Waals surface area contributed by atoms with E-state index in [1.54, 1.807) is 12.3 Å². The van der Waals surface area contributed by atoms with Gasteiger partial charge < -0.3 is 14.1 Å². The van der Waals surface area contributed by atoms with E-state index in [0.717, 1.165) is 22.2 Å². The van der Waals surface area contributed by atoms with Crippen LogP contribution in [-0.2, 0) is 11.3 Å². The molecule has 5 nitrogen and oxygen atoms in total. The summed E-state index contributed by atoms with van der Waals surface area (Å²) >= 11 is 0. The molecular formula is C16H16N2O3. The normalized spacial score (nSPS) is 11.1. The Bertz CT molecular complexity index is 801. The molecule has 0 unspecified atom stereocenters. The van der Waals surface area contributed by atoms with Crippen molar-refractivity contribution in [2.75, 3.05) is 0 Å². The first-order valence-corrected chi connectivity index (χ1v) is 6.79. The van der Waals surface area contributed by atoms with Gasteiger partial charge in [-0.3, -0.25) is 4.79 Å². The van der Waals surface area contributed by atoms with Crippen LogP contribution in [0.25, 0.3) is 22.6 Å². The smallest absolute Gasteiger partial charge is 0.305 e. The Morgan fingerprint density at radius 1 is 1.33 bits per heavy atom. The fourth-order valence-electron chi connectivity index (χ4n) is 2.41. The number of imidazole rings is 1. The van der Waals surface area contributed by atoms with E-state index < -0.39 is 5.97 Å². The summed E-state index contributed by atoms with van der Waals surface area (Å²) in [6.07, 6.45) is 1.64. The van der Waals surface area contributed by atoms with Gasteiger partial charge in [0.1, 0.15) is 0 Å². The second kappa shape index (κ2) is 5.09. The van der Waals surface area contributed by atoms with Crippen molar-refractivity contribution in [1.29, 1.82) is 0 Å². The van der Waals surface area contributed by atoms with E-state index >= 15 is 0 Å². The van der Waals surface area contributed by atoms with Gasteiger partial charge in [-0.2, -0.15) is 0 Å². The average Bonchev–Trinajstić information content (AvgIpc) is 3.04. The number of aryl methyl sites for hydroxylation is 3. The SMILES string of the molecule is Cc1cc2nc(-c3ccco3)n(CCC(=O)O)c2cc1C. The monoisotopic (exact) mass is 284 g/mol. The number of carboxylic acids is 1. The molecule has 21 heavy (non-hydrogen) atoms. The molecule has 0 atom stereocenters. The van der Waals surface area contributed by atoms with Gasteiger partial charge in [-0.1, -0.05) is 0 Å². The van der Waals surface area contributed by atoms with Gasteiger partial charge in [0.15, 0.2) is 11.6 Å². The molecule has 0 fully saturated rings. The van der Waals surface area contributed by atoms with Gasteiger partial charge in [-0.25, -0.2) is 4.98 Å². The highest BCUT2D eigenvalue weighted by Gasteiger charge is 2.16. The Morgan fingerprint density at radius 3 is 2.76 bits per heavy atom. The lowest BCUT2D eigenvalue weighted by Crippen LogP contribution is -2.06. The number of aliphatic carboxylic acids is 1. The van der Waals surface area contributed by atoms with Crippen molar-refractivity contribution in [3.8, 4) is 11.6 Å². The van der Waals surface area contributed by atoms with Crippen molar-refractivity contribution < 1.29 is 14.3 Å². The third-order valence-corrected chi connectivity index (χ3v) is 3.65. The van der Waals surface area contributed by atoms with E-state index in [9.17, 15) is 4.79 Å². The lowest BCUT2D eigenvalue weighted by Gasteiger charge is -2.07. The molecule has 1 N–H and O–H groups in total. The molecule has 2 aromatic heterocycles. The van der Waals surface area contributed by atoms with Crippen molar-refractivity contribution in [2.45, 2.75) is 26.8 Å². The number of fused-ring (bicyclic) bond motifs is 1. The van der Waals surface area contributed by atoms with Gasteiger partial charge in [0, 0.05) is 6.54 Å². The topological polar surface area (TPSA) is 68.3 Å². The van der Waals surface area contributed by atoms with Gasteiger partial charge in [0.05, 0.1) is 23.7 Å². The minimum atomic E-state index is -0.828. The highest BCUT2D eigenvalue weighted by molar-refractivity contribution is 5.81. The molecule has 0 bridgehead atoms. The molecule has 1 aromatic carbocycles. The standard InChI is InChI=1S/C16H16N2O3/c1-10-8-12-13(9-11(10)2)18(6-5-15(19)20)16(17-12)14-4-3-7-21-14/h3-4,7-9H,5-6H2,1-2H3,(H,19,20). The summed E-state index contributed by atoms with van der Waals surface area (Å²) in [7, 11) is 0. The third-order valence-electron chi connectivity index (χ3n) is 3.65. The Morgan fingerprint density at radius 2 is 2.10 bits per heavy atom. The Kier molecular flexibility index (Phi) is 3.25. The summed E-state index contributed by atoms with van der Waals surface area (Å²) < 4.78 is 7.34. The number of aromatic nitrogens is 2. The van der Waals surface area contributed by atoms with E-state index in [1.165, 1.54) is 0 Å². The second-order valence-electron chi connectivity index (χ2n) is 5.13. The lowest BCUT2D eigenvalue weighted by atomic mass is 10.1. The summed E-state index contributed by atoms with van der Waals surface area (Å²) in [5, 5.41) is 8.95. The number of carbonyl (C=O) groups is 1. The molecular weight excluding hydrogens is 268 g/mol. The van der Waals surface area contributed by atoms with Crippen molar-refractivity contribution in [2.24, 2.45) is 0 Å². The average molecular weight is 284 g/mol. The molecule has 0 aliphatic carbocycles. The number of furan rings is 1. The van der Waals surface area contributed by atoms with E-state index in [2.05, 4.69) is 4.98 Å². The number of carboxylic acid groups (broad SMARTS) is 1. The minimum absolute atomic E-state index is 0.0477. The van der Waals surface area contributed by atoms with Crippen LogP contribution in [0, 0.1) is 13.8 Å². The first-order chi connectivity index (χ1) is 10.1. The number of rotatable bonds is 4. The summed E-state index contributed by atoms with van der Waals surface area (Å²) in [6.45, 7) is 4.44. The zero-order valence-corrected chi connectivity index (χ0v) is 12.0. The number of benzene rings is 1. The van der Waals surface area contributed by atoms with Crippen LogP contribution in [0.4, 0.5) is 0 Å². The number of hydrogen-bond acceptors (Lipinski definition) is 3. The van der Waals surface area contributed by atoms with Gasteiger partial charge >= 0.3 is 5.97 Å². The van der Waals surface area contributed by atoms with E-state index in [-0.39, 0.29) is 6.42 Å². The maximum absolute atomic E-state index is 10.9. The molecule has 0 saturated heterocycles. The molecule has 108 valence electrons. The fraction of sp³-hybridized carbons (Fsp3) is 0.250. The van der Waals surface area contributed by atoms with Crippen LogP contribution >= 0.6 is 0 Å². The van der Waals surface area contributed by atoms with E-state index in [0.29, 0.717) is 18.1 Å². The fourth-order valence-corrected chi connectivity index (χ4v) is 2.41. The second-order valence-corrected chi connectivity index (χ2v) is 5.13. The van der Waals surface area contributed by atoms with E-state index in [1.807, 2.05) is 36.6 Å². The van der Waals surface area contributed by atoms with Crippen LogP contribution in [-0.4, -0.2) is 20.6 Å². The molecule has 0 spiro atoms. The van der Waals surface area contributed by atoms with Gasteiger partial charge in [-0.05, 0) is 49.2 Å². The van der Waals surface area contributed by atoms with Crippen molar-refractivity contribution >= 4 is 17.0 Å². The quantitative estimate of drug-likeness (QED) is 0.797. The summed E-state index contributed by atoms with van der Waals surface area (Å²) in [5.41, 5.74) is 4.11. The van der Waals surface area contributed by atoms with Crippen LogP contribution in [0.2, 0.25) is 0 Å².